The molecular weight excluding hydrogens is 470 g/mol. The number of likely N-dealkylation sites (tertiary alicyclic amines) is 1. The van der Waals surface area contributed by atoms with Gasteiger partial charge in [0.25, 0.3) is 5.91 Å². The Bertz CT molecular complexity index is 1310. The molecule has 2 aromatic carbocycles. The average Bonchev–Trinajstić information content (AvgIpc) is 3.33. The Labute approximate surface area is 215 Å². The third-order valence-electron chi connectivity index (χ3n) is 7.21. The third kappa shape index (κ3) is 4.89. The number of ether oxygens (including phenoxy) is 2. The van der Waals surface area contributed by atoms with Crippen molar-refractivity contribution in [2.75, 3.05) is 32.1 Å². The fraction of sp³-hybridized carbons (Fsp3) is 0.321. The van der Waals surface area contributed by atoms with Gasteiger partial charge in [0.05, 0.1) is 24.2 Å². The summed E-state index contributed by atoms with van der Waals surface area (Å²) in [4.78, 5) is 26.4. The predicted molar refractivity (Wildman–Crippen MR) is 140 cm³/mol. The molecular formula is C28H31N5O4. The summed E-state index contributed by atoms with van der Waals surface area (Å²) in [6.07, 6.45) is 4.06. The Balaban J connectivity index is 1.40. The van der Waals surface area contributed by atoms with Crippen molar-refractivity contribution in [3.8, 4) is 22.9 Å². The first-order valence-electron chi connectivity index (χ1n) is 12.5. The first-order valence-corrected chi connectivity index (χ1v) is 12.5. The number of fused-ring (bicyclic) bond motifs is 1. The summed E-state index contributed by atoms with van der Waals surface area (Å²) in [5.74, 6) is 2.01. The van der Waals surface area contributed by atoms with Gasteiger partial charge in [0.1, 0.15) is 17.2 Å². The van der Waals surface area contributed by atoms with Crippen LogP contribution in [0.25, 0.3) is 5.69 Å². The molecule has 3 aromatic rings. The molecule has 1 atom stereocenters. The van der Waals surface area contributed by atoms with Crippen LogP contribution >= 0.6 is 0 Å². The van der Waals surface area contributed by atoms with Crippen LogP contribution in [-0.2, 0) is 4.79 Å². The van der Waals surface area contributed by atoms with Crippen LogP contribution in [0.1, 0.15) is 41.4 Å². The summed E-state index contributed by atoms with van der Waals surface area (Å²) in [6, 6.07) is 14.8. The largest absolute Gasteiger partial charge is 0.497 e. The van der Waals surface area contributed by atoms with Crippen LogP contribution in [-0.4, -0.2) is 53.2 Å². The maximum atomic E-state index is 12.6. The number of carbonyl (C=O) groups is 2. The van der Waals surface area contributed by atoms with Crippen LogP contribution in [0.5, 0.6) is 17.2 Å². The molecule has 37 heavy (non-hydrogen) atoms. The molecule has 2 aliphatic rings. The van der Waals surface area contributed by atoms with Gasteiger partial charge in [-0.2, -0.15) is 5.10 Å². The summed E-state index contributed by atoms with van der Waals surface area (Å²) in [7, 11) is 1.61. The maximum absolute atomic E-state index is 12.6. The van der Waals surface area contributed by atoms with Crippen molar-refractivity contribution >= 4 is 17.5 Å². The molecule has 192 valence electrons. The van der Waals surface area contributed by atoms with Crippen LogP contribution in [0.15, 0.2) is 61.2 Å². The summed E-state index contributed by atoms with van der Waals surface area (Å²) in [5, 5.41) is 8.27. The minimum atomic E-state index is -0.537. The predicted octanol–water partition coefficient (Wildman–Crippen LogP) is 4.10. The quantitative estimate of drug-likeness (QED) is 0.472. The van der Waals surface area contributed by atoms with Crippen molar-refractivity contribution in [1.29, 1.82) is 0 Å². The summed E-state index contributed by atoms with van der Waals surface area (Å²) >= 11 is 0. The van der Waals surface area contributed by atoms with Crippen molar-refractivity contribution in [3.63, 3.8) is 0 Å². The SMILES string of the molecule is C=CC(=O)N1CCC(C2CCNc3c2nn(-c2ccc(Oc4cccc(OC)c4)cc2)c3C(N)=O)CC1. The monoisotopic (exact) mass is 501 g/mol. The molecule has 2 aliphatic heterocycles. The van der Waals surface area contributed by atoms with E-state index in [1.807, 2.05) is 53.4 Å². The molecule has 1 aromatic heterocycles. The number of primary amides is 1. The maximum Gasteiger partial charge on any atom is 0.269 e. The second-order valence-electron chi connectivity index (χ2n) is 9.35. The second kappa shape index (κ2) is 10.4. The molecule has 1 saturated heterocycles. The van der Waals surface area contributed by atoms with Gasteiger partial charge in [-0.1, -0.05) is 12.6 Å². The topological polar surface area (TPSA) is 112 Å². The molecule has 0 aliphatic carbocycles. The minimum Gasteiger partial charge on any atom is -0.497 e. The van der Waals surface area contributed by atoms with E-state index < -0.39 is 5.91 Å². The number of anilines is 1. The Morgan fingerprint density at radius 1 is 1.08 bits per heavy atom. The highest BCUT2D eigenvalue weighted by Crippen LogP contribution is 2.42. The molecule has 0 radical (unpaired) electrons. The van der Waals surface area contributed by atoms with Gasteiger partial charge in [0, 0.05) is 31.6 Å². The molecule has 1 unspecified atom stereocenters. The highest BCUT2D eigenvalue weighted by atomic mass is 16.5. The van der Waals surface area contributed by atoms with Gasteiger partial charge in [-0.05, 0) is 67.7 Å². The fourth-order valence-electron chi connectivity index (χ4n) is 5.34. The number of methoxy groups -OCH3 is 1. The van der Waals surface area contributed by atoms with E-state index in [4.69, 9.17) is 20.3 Å². The van der Waals surface area contributed by atoms with E-state index in [0.717, 1.165) is 31.5 Å². The summed E-state index contributed by atoms with van der Waals surface area (Å²) < 4.78 is 12.8. The molecule has 0 spiro atoms. The number of nitrogens with zero attached hydrogens (tertiary/aromatic N) is 3. The van der Waals surface area contributed by atoms with E-state index in [9.17, 15) is 9.59 Å². The number of nitrogens with one attached hydrogen (secondary N) is 1. The lowest BCUT2D eigenvalue weighted by Gasteiger charge is -2.37. The Kier molecular flexibility index (Phi) is 6.85. The Hall–Kier alpha value is -4.27. The van der Waals surface area contributed by atoms with Gasteiger partial charge in [0.15, 0.2) is 5.69 Å². The van der Waals surface area contributed by atoms with E-state index in [2.05, 4.69) is 11.9 Å². The number of rotatable bonds is 7. The first kappa shape index (κ1) is 24.4. The molecule has 9 heteroatoms. The number of amides is 2. The van der Waals surface area contributed by atoms with Crippen LogP contribution in [0.2, 0.25) is 0 Å². The standard InChI is InChI=1S/C28H31N5O4/c1-3-24(34)32-15-12-18(13-16-32)23-11-14-30-26-25(23)31-33(27(26)28(29)35)19-7-9-20(10-8-19)37-22-6-4-5-21(17-22)36-2/h3-10,17-18,23,30H,1,11-16H2,2H3,(H2,29,35). The van der Waals surface area contributed by atoms with Gasteiger partial charge in [-0.15, -0.1) is 0 Å². The van der Waals surface area contributed by atoms with Crippen LogP contribution in [0.4, 0.5) is 5.69 Å². The van der Waals surface area contributed by atoms with Crippen molar-refractivity contribution in [3.05, 3.63) is 72.6 Å². The first-order chi connectivity index (χ1) is 18.0. The number of hydrogen-bond donors (Lipinski definition) is 2. The number of nitrogens with two attached hydrogens (primary N) is 1. The minimum absolute atomic E-state index is 0.0245. The molecule has 3 N–H and O–H groups in total. The van der Waals surface area contributed by atoms with Crippen molar-refractivity contribution < 1.29 is 19.1 Å². The molecule has 3 heterocycles. The number of benzene rings is 2. The Morgan fingerprint density at radius 3 is 2.49 bits per heavy atom. The molecule has 2 amide bonds. The van der Waals surface area contributed by atoms with Gasteiger partial charge < -0.3 is 25.4 Å². The van der Waals surface area contributed by atoms with Crippen molar-refractivity contribution in [2.45, 2.75) is 25.2 Å². The number of hydrogen-bond acceptors (Lipinski definition) is 6. The summed E-state index contributed by atoms with van der Waals surface area (Å²) in [6.45, 7) is 5.74. The van der Waals surface area contributed by atoms with Crippen LogP contribution in [0, 0.1) is 5.92 Å². The van der Waals surface area contributed by atoms with Gasteiger partial charge in [0.2, 0.25) is 5.91 Å². The lowest BCUT2D eigenvalue weighted by Crippen LogP contribution is -2.39. The molecule has 0 bridgehead atoms. The van der Waals surface area contributed by atoms with Crippen LogP contribution in [0.3, 0.4) is 0 Å². The van der Waals surface area contributed by atoms with E-state index >= 15 is 0 Å². The Morgan fingerprint density at radius 2 is 1.81 bits per heavy atom. The van der Waals surface area contributed by atoms with E-state index in [1.165, 1.54) is 6.08 Å². The zero-order valence-electron chi connectivity index (χ0n) is 20.9. The number of aromatic nitrogens is 2. The van der Waals surface area contributed by atoms with E-state index in [-0.39, 0.29) is 11.8 Å². The number of piperidine rings is 1. The summed E-state index contributed by atoms with van der Waals surface area (Å²) in [5.41, 5.74) is 8.48. The van der Waals surface area contributed by atoms with Gasteiger partial charge in [-0.3, -0.25) is 9.59 Å². The van der Waals surface area contributed by atoms with Gasteiger partial charge >= 0.3 is 0 Å². The zero-order chi connectivity index (χ0) is 25.9. The van der Waals surface area contributed by atoms with Crippen molar-refractivity contribution in [2.24, 2.45) is 11.7 Å². The number of carbonyl (C=O) groups excluding carboxylic acids is 2. The lowest BCUT2D eigenvalue weighted by molar-refractivity contribution is -0.127. The molecule has 9 nitrogen and oxygen atoms in total. The fourth-order valence-corrected chi connectivity index (χ4v) is 5.34. The van der Waals surface area contributed by atoms with E-state index in [0.29, 0.717) is 53.3 Å². The smallest absolute Gasteiger partial charge is 0.269 e. The third-order valence-corrected chi connectivity index (χ3v) is 7.21. The highest BCUT2D eigenvalue weighted by molar-refractivity contribution is 5.98. The zero-order valence-corrected chi connectivity index (χ0v) is 20.9. The highest BCUT2D eigenvalue weighted by Gasteiger charge is 2.36. The lowest BCUT2D eigenvalue weighted by atomic mass is 9.78. The van der Waals surface area contributed by atoms with E-state index in [1.54, 1.807) is 11.8 Å². The molecule has 5 rings (SSSR count). The van der Waals surface area contributed by atoms with Crippen molar-refractivity contribution in [1.82, 2.24) is 14.7 Å². The normalized spacial score (nSPS) is 17.4. The average molecular weight is 502 g/mol. The molecule has 1 fully saturated rings. The molecule has 0 saturated carbocycles. The second-order valence-corrected chi connectivity index (χ2v) is 9.35. The van der Waals surface area contributed by atoms with Gasteiger partial charge in [-0.25, -0.2) is 4.68 Å². The van der Waals surface area contributed by atoms with Crippen LogP contribution < -0.4 is 20.5 Å².